The molecule has 0 spiro atoms. The summed E-state index contributed by atoms with van der Waals surface area (Å²) in [7, 11) is 0. The van der Waals surface area contributed by atoms with Crippen LogP contribution in [0.5, 0.6) is 0 Å². The molecule has 0 saturated carbocycles. The fraction of sp³-hybridized carbons (Fsp3) is 0.188. The summed E-state index contributed by atoms with van der Waals surface area (Å²) < 4.78 is 0. The SMILES string of the molecule is Cc1ccc(Cl)cc1NC(=O)CSCc1ccc(Cl)cc1Cl. The zero-order chi connectivity index (χ0) is 16.1. The molecular weight excluding hydrogens is 361 g/mol. The van der Waals surface area contributed by atoms with Crippen molar-refractivity contribution in [1.82, 2.24) is 0 Å². The average molecular weight is 375 g/mol. The number of hydrogen-bond donors (Lipinski definition) is 1. The molecule has 0 fully saturated rings. The molecule has 0 radical (unpaired) electrons. The van der Waals surface area contributed by atoms with Gasteiger partial charge in [0.15, 0.2) is 0 Å². The summed E-state index contributed by atoms with van der Waals surface area (Å²) in [5.41, 5.74) is 2.67. The third kappa shape index (κ3) is 5.10. The largest absolute Gasteiger partial charge is 0.325 e. The highest BCUT2D eigenvalue weighted by atomic mass is 35.5. The van der Waals surface area contributed by atoms with Gasteiger partial charge in [-0.25, -0.2) is 0 Å². The second kappa shape index (κ2) is 8.11. The molecule has 0 heterocycles. The summed E-state index contributed by atoms with van der Waals surface area (Å²) >= 11 is 19.4. The number of hydrogen-bond acceptors (Lipinski definition) is 2. The maximum absolute atomic E-state index is 12.0. The molecule has 2 aromatic carbocycles. The first-order chi connectivity index (χ1) is 10.5. The molecule has 0 aliphatic carbocycles. The van der Waals surface area contributed by atoms with E-state index < -0.39 is 0 Å². The number of benzene rings is 2. The minimum atomic E-state index is -0.0690. The number of anilines is 1. The summed E-state index contributed by atoms with van der Waals surface area (Å²) in [5, 5.41) is 4.68. The molecule has 22 heavy (non-hydrogen) atoms. The van der Waals surface area contributed by atoms with Gasteiger partial charge in [-0.3, -0.25) is 4.79 Å². The van der Waals surface area contributed by atoms with E-state index in [9.17, 15) is 4.79 Å². The number of rotatable bonds is 5. The van der Waals surface area contributed by atoms with Crippen LogP contribution in [0, 0.1) is 6.92 Å². The van der Waals surface area contributed by atoms with Crippen molar-refractivity contribution in [1.29, 1.82) is 0 Å². The van der Waals surface area contributed by atoms with Gasteiger partial charge in [-0.15, -0.1) is 11.8 Å². The maximum atomic E-state index is 12.0. The average Bonchev–Trinajstić information content (AvgIpc) is 2.45. The number of carbonyl (C=O) groups is 1. The smallest absolute Gasteiger partial charge is 0.234 e. The first-order valence-electron chi connectivity index (χ1n) is 6.53. The Hall–Kier alpha value is -0.870. The summed E-state index contributed by atoms with van der Waals surface area (Å²) in [6.07, 6.45) is 0. The van der Waals surface area contributed by atoms with Gasteiger partial charge in [0.25, 0.3) is 0 Å². The highest BCUT2D eigenvalue weighted by Gasteiger charge is 2.07. The number of halogens is 3. The van der Waals surface area contributed by atoms with Crippen molar-refractivity contribution in [3.8, 4) is 0 Å². The van der Waals surface area contributed by atoms with Gasteiger partial charge in [-0.05, 0) is 42.3 Å². The lowest BCUT2D eigenvalue weighted by Crippen LogP contribution is -2.15. The Bertz CT molecular complexity index is 691. The van der Waals surface area contributed by atoms with Crippen LogP contribution in [-0.2, 0) is 10.5 Å². The summed E-state index contributed by atoms with van der Waals surface area (Å²) in [6, 6.07) is 10.8. The van der Waals surface area contributed by atoms with Gasteiger partial charge >= 0.3 is 0 Å². The van der Waals surface area contributed by atoms with E-state index in [1.165, 1.54) is 11.8 Å². The molecule has 0 aromatic heterocycles. The van der Waals surface area contributed by atoms with Crippen LogP contribution < -0.4 is 5.32 Å². The van der Waals surface area contributed by atoms with E-state index in [1.54, 1.807) is 24.3 Å². The van der Waals surface area contributed by atoms with Crippen LogP contribution in [0.4, 0.5) is 5.69 Å². The molecule has 0 bridgehead atoms. The summed E-state index contributed by atoms with van der Waals surface area (Å²) in [6.45, 7) is 1.92. The Morgan fingerprint density at radius 3 is 2.50 bits per heavy atom. The van der Waals surface area contributed by atoms with Gasteiger partial charge in [0.05, 0.1) is 5.75 Å². The lowest BCUT2D eigenvalue weighted by molar-refractivity contribution is -0.113. The Kier molecular flexibility index (Phi) is 6.45. The van der Waals surface area contributed by atoms with Crippen molar-refractivity contribution in [2.24, 2.45) is 0 Å². The molecule has 0 saturated heterocycles. The third-order valence-electron chi connectivity index (χ3n) is 2.98. The zero-order valence-electron chi connectivity index (χ0n) is 11.8. The van der Waals surface area contributed by atoms with Gasteiger partial charge in [0.1, 0.15) is 0 Å². The number of nitrogens with one attached hydrogen (secondary N) is 1. The predicted octanol–water partition coefficient (Wildman–Crippen LogP) is 5.83. The van der Waals surface area contributed by atoms with Gasteiger partial charge in [0, 0.05) is 26.5 Å². The summed E-state index contributed by atoms with van der Waals surface area (Å²) in [5.74, 6) is 0.920. The molecule has 1 amide bonds. The van der Waals surface area contributed by atoms with Crippen LogP contribution in [0.2, 0.25) is 15.1 Å². The topological polar surface area (TPSA) is 29.1 Å². The highest BCUT2D eigenvalue weighted by Crippen LogP contribution is 2.25. The Morgan fingerprint density at radius 2 is 1.77 bits per heavy atom. The minimum Gasteiger partial charge on any atom is -0.325 e. The number of carbonyl (C=O) groups excluding carboxylic acids is 1. The lowest BCUT2D eigenvalue weighted by Gasteiger charge is -2.09. The molecule has 116 valence electrons. The monoisotopic (exact) mass is 373 g/mol. The van der Waals surface area contributed by atoms with E-state index in [0.717, 1.165) is 16.8 Å². The molecule has 0 aliphatic heterocycles. The van der Waals surface area contributed by atoms with Gasteiger partial charge in [-0.2, -0.15) is 0 Å². The second-order valence-electron chi connectivity index (χ2n) is 4.74. The van der Waals surface area contributed by atoms with Crippen LogP contribution in [0.1, 0.15) is 11.1 Å². The van der Waals surface area contributed by atoms with Crippen molar-refractivity contribution in [3.05, 3.63) is 62.6 Å². The normalized spacial score (nSPS) is 10.5. The van der Waals surface area contributed by atoms with Crippen molar-refractivity contribution in [2.45, 2.75) is 12.7 Å². The highest BCUT2D eigenvalue weighted by molar-refractivity contribution is 7.99. The number of aryl methyl sites for hydroxylation is 1. The molecule has 0 aliphatic rings. The molecule has 2 nitrogen and oxygen atoms in total. The van der Waals surface area contributed by atoms with E-state index in [0.29, 0.717) is 26.6 Å². The van der Waals surface area contributed by atoms with Crippen LogP contribution in [0.25, 0.3) is 0 Å². The molecular formula is C16H14Cl3NOS. The Balaban J connectivity index is 1.86. The number of thioether (sulfide) groups is 1. The van der Waals surface area contributed by atoms with E-state index in [4.69, 9.17) is 34.8 Å². The second-order valence-corrected chi connectivity index (χ2v) is 7.00. The standard InChI is InChI=1S/C16H14Cl3NOS/c1-10-2-4-13(18)7-15(10)20-16(21)9-22-8-11-3-5-12(17)6-14(11)19/h2-7H,8-9H2,1H3,(H,20,21). The molecule has 1 N–H and O–H groups in total. The lowest BCUT2D eigenvalue weighted by atomic mass is 10.2. The fourth-order valence-electron chi connectivity index (χ4n) is 1.81. The molecule has 0 atom stereocenters. The van der Waals surface area contributed by atoms with E-state index in [-0.39, 0.29) is 5.91 Å². The summed E-state index contributed by atoms with van der Waals surface area (Å²) in [4.78, 5) is 12.0. The Labute approximate surface area is 149 Å². The van der Waals surface area contributed by atoms with Crippen LogP contribution in [-0.4, -0.2) is 11.7 Å². The maximum Gasteiger partial charge on any atom is 0.234 e. The van der Waals surface area contributed by atoms with E-state index in [2.05, 4.69) is 5.32 Å². The number of amides is 1. The minimum absolute atomic E-state index is 0.0690. The van der Waals surface area contributed by atoms with Gasteiger partial charge in [-0.1, -0.05) is 46.9 Å². The molecule has 2 aromatic rings. The van der Waals surface area contributed by atoms with Gasteiger partial charge < -0.3 is 5.32 Å². The van der Waals surface area contributed by atoms with Crippen molar-refractivity contribution >= 4 is 58.2 Å². The van der Waals surface area contributed by atoms with Crippen LogP contribution in [0.3, 0.4) is 0 Å². The zero-order valence-corrected chi connectivity index (χ0v) is 14.9. The van der Waals surface area contributed by atoms with E-state index >= 15 is 0 Å². The van der Waals surface area contributed by atoms with Crippen molar-refractivity contribution in [3.63, 3.8) is 0 Å². The first kappa shape index (κ1) is 17.5. The van der Waals surface area contributed by atoms with Crippen molar-refractivity contribution < 1.29 is 4.79 Å². The molecule has 2 rings (SSSR count). The van der Waals surface area contributed by atoms with Crippen molar-refractivity contribution in [2.75, 3.05) is 11.1 Å². The Morgan fingerprint density at radius 1 is 1.09 bits per heavy atom. The first-order valence-corrected chi connectivity index (χ1v) is 8.82. The third-order valence-corrected chi connectivity index (χ3v) is 4.78. The predicted molar refractivity (Wildman–Crippen MR) is 97.4 cm³/mol. The fourth-order valence-corrected chi connectivity index (χ4v) is 3.37. The van der Waals surface area contributed by atoms with Crippen LogP contribution >= 0.6 is 46.6 Å². The van der Waals surface area contributed by atoms with E-state index in [1.807, 2.05) is 19.1 Å². The quantitative estimate of drug-likeness (QED) is 0.713. The molecule has 6 heteroatoms. The van der Waals surface area contributed by atoms with Crippen LogP contribution in [0.15, 0.2) is 36.4 Å². The molecule has 0 unspecified atom stereocenters. The van der Waals surface area contributed by atoms with Gasteiger partial charge in [0.2, 0.25) is 5.91 Å².